The maximum atomic E-state index is 11.9. The van der Waals surface area contributed by atoms with Crippen molar-refractivity contribution < 1.29 is 14.4 Å². The first-order valence-electron chi connectivity index (χ1n) is 30.1. The normalized spacial score (nSPS) is 5.54. The number of carbonyl (C=O) groups excluding carboxylic acids is 3. The molecule has 1 unspecified atom stereocenters. The van der Waals surface area contributed by atoms with Gasteiger partial charge in [-0.15, -0.1) is 0 Å². The van der Waals surface area contributed by atoms with Crippen molar-refractivity contribution in [3.63, 3.8) is 0 Å². The number of amides is 1. The topological polar surface area (TPSA) is 63.2 Å². The van der Waals surface area contributed by atoms with Gasteiger partial charge in [0.15, 0.2) is 0 Å². The molecule has 0 rings (SSSR count). The average Bonchev–Trinajstić information content (AvgIpc) is 0.896. The Labute approximate surface area is 669 Å². The molecule has 492 valence electrons. The van der Waals surface area contributed by atoms with E-state index in [4.69, 9.17) is 9.59 Å². The van der Waals surface area contributed by atoms with E-state index in [2.05, 4.69) is 586 Å². The van der Waals surface area contributed by atoms with Gasteiger partial charge in [-0.05, 0) is 134 Å². The predicted molar refractivity (Wildman–Crippen MR) is 445 cm³/mol. The van der Waals surface area contributed by atoms with Gasteiger partial charge in [0.1, 0.15) is 0 Å². The van der Waals surface area contributed by atoms with Crippen molar-refractivity contribution in [2.45, 2.75) is 85.4 Å². The molecule has 0 saturated heterocycles. The van der Waals surface area contributed by atoms with E-state index in [1.165, 1.54) is 0 Å². The molecule has 112 heavy (non-hydrogen) atoms. The lowest BCUT2D eigenvalue weighted by Crippen LogP contribution is -2.38. The van der Waals surface area contributed by atoms with Crippen molar-refractivity contribution in [2.75, 3.05) is 6.26 Å². The first-order chi connectivity index (χ1) is 54.9. The van der Waals surface area contributed by atoms with Crippen molar-refractivity contribution in [3.8, 4) is 533 Å². The van der Waals surface area contributed by atoms with Gasteiger partial charge < -0.3 is 5.32 Å². The summed E-state index contributed by atoms with van der Waals surface area (Å²) < 4.78 is 0.229. The van der Waals surface area contributed by atoms with Crippen LogP contribution in [-0.2, 0) is 14.4 Å². The quantitative estimate of drug-likeness (QED) is 0.384. The van der Waals surface area contributed by atoms with E-state index < -0.39 is 0 Å². The molecule has 0 aliphatic heterocycles. The number of nitrogens with one attached hydrogen (secondary N) is 1. The maximum absolute atomic E-state index is 11.9. The standard InChI is InChI=1S/C92H6.C14H29NOS.CO2/c1-3-5-7-9-11-13-15-17-19-21-23-25-27-29-31-33-35-37-39-41-43-45-47-49-51-53-55-57-59-61-63-65-67-69-71-73-75-77-79-81-83-85-87-89-91-92-90-88-86-84-82-80-78-76-74-72-70-68-66-64-62-60-58-56-54-52-50-48-46-44-42-40-38-36-34-32-30-28-26-24-22-20-18-16-14-12-10-8-6-4-2;1-8-13(3,4)10-12(16)15-11(2)9-14(5,6)17-7;2-1-3/h1-2H3;11H,8-10H2,1-7H3,(H,15,16);. The molecule has 0 bridgehead atoms. The smallest absolute Gasteiger partial charge is 0.354 e. The monoisotopic (exact) mass is 1410 g/mol. The molecule has 0 aliphatic carbocycles. The third-order valence-corrected chi connectivity index (χ3v) is 10.3. The molecular weight excluding hydrogens is 1380 g/mol. The number of hydrogen-bond acceptors (Lipinski definition) is 4. The Morgan fingerprint density at radius 3 is 0.446 bits per heavy atom. The highest BCUT2D eigenvalue weighted by atomic mass is 32.2. The molecule has 0 radical (unpaired) electrons. The fraction of sp³-hybridized carbons (Fsp3) is 0.140. The minimum Gasteiger partial charge on any atom is -0.354 e. The number of rotatable bonds is 7. The Balaban J connectivity index is -0.00000516. The van der Waals surface area contributed by atoms with Gasteiger partial charge in [-0.2, -0.15) is 21.4 Å². The van der Waals surface area contributed by atoms with E-state index in [-0.39, 0.29) is 28.3 Å². The lowest BCUT2D eigenvalue weighted by atomic mass is 9.86. The van der Waals surface area contributed by atoms with Crippen molar-refractivity contribution in [1.29, 1.82) is 0 Å². The van der Waals surface area contributed by atoms with Crippen molar-refractivity contribution in [2.24, 2.45) is 5.41 Å². The fourth-order valence-electron chi connectivity index (χ4n) is 4.57. The molecule has 5 heteroatoms. The van der Waals surface area contributed by atoms with E-state index in [0.717, 1.165) is 12.8 Å². The number of carbonyl (C=O) groups is 1. The molecule has 0 saturated carbocycles. The van der Waals surface area contributed by atoms with Gasteiger partial charge in [0, 0.05) is 443 Å². The molecule has 0 spiro atoms. The zero-order valence-corrected chi connectivity index (χ0v) is 61.6. The summed E-state index contributed by atoms with van der Waals surface area (Å²) in [5.41, 5.74) is 0.110. The van der Waals surface area contributed by atoms with Gasteiger partial charge in [-0.3, -0.25) is 4.79 Å². The molecule has 0 aromatic carbocycles. The molecule has 1 N–H and O–H groups in total. The van der Waals surface area contributed by atoms with Gasteiger partial charge in [-0.1, -0.05) is 52.9 Å². The Morgan fingerprint density at radius 1 is 0.250 bits per heavy atom. The van der Waals surface area contributed by atoms with Crippen LogP contribution < -0.4 is 5.32 Å². The highest BCUT2D eigenvalue weighted by Gasteiger charge is 2.24. The second kappa shape index (κ2) is 82.8. The Morgan fingerprint density at radius 2 is 0.357 bits per heavy atom. The summed E-state index contributed by atoms with van der Waals surface area (Å²) >= 11 is 1.85. The lowest BCUT2D eigenvalue weighted by Gasteiger charge is -2.28. The zero-order chi connectivity index (χ0) is 82.0. The highest BCUT2D eigenvalue weighted by Crippen LogP contribution is 2.27. The third-order valence-electron chi connectivity index (χ3n) is 9.04. The third kappa shape index (κ3) is 89.4. The second-order valence-electron chi connectivity index (χ2n) is 17.9. The van der Waals surface area contributed by atoms with Crippen LogP contribution in [0.15, 0.2) is 0 Å². The van der Waals surface area contributed by atoms with E-state index in [1.54, 1.807) is 13.8 Å². The van der Waals surface area contributed by atoms with Crippen LogP contribution in [0.4, 0.5) is 0 Å². The molecule has 1 amide bonds. The number of hydrogen-bond donors (Lipinski definition) is 1. The first-order valence-corrected chi connectivity index (χ1v) is 31.3. The Kier molecular flexibility index (Phi) is 70.7. The summed E-state index contributed by atoms with van der Waals surface area (Å²) in [6.45, 7) is 16.3. The molecular formula is C107H35NO3S. The van der Waals surface area contributed by atoms with E-state index in [1.807, 2.05) is 11.8 Å². The van der Waals surface area contributed by atoms with Crippen LogP contribution in [-0.4, -0.2) is 29.1 Å². The van der Waals surface area contributed by atoms with Crippen LogP contribution in [0, 0.1) is 538 Å². The van der Waals surface area contributed by atoms with Gasteiger partial charge >= 0.3 is 6.15 Å². The van der Waals surface area contributed by atoms with Crippen LogP contribution in [0.3, 0.4) is 0 Å². The first kappa shape index (κ1) is 95.6. The maximum Gasteiger partial charge on any atom is 0.373 e. The van der Waals surface area contributed by atoms with Gasteiger partial charge in [0.05, 0.1) is 0 Å². The van der Waals surface area contributed by atoms with Gasteiger partial charge in [0.25, 0.3) is 0 Å². The predicted octanol–water partition coefficient (Wildman–Crippen LogP) is 4.44. The van der Waals surface area contributed by atoms with E-state index in [9.17, 15) is 4.79 Å². The molecule has 4 nitrogen and oxygen atoms in total. The minimum atomic E-state index is 0.110. The van der Waals surface area contributed by atoms with E-state index >= 15 is 0 Å². The van der Waals surface area contributed by atoms with Crippen molar-refractivity contribution in [1.82, 2.24) is 5.32 Å². The summed E-state index contributed by atoms with van der Waals surface area (Å²) in [5.74, 6) is 226. The minimum absolute atomic E-state index is 0.110. The number of thioether (sulfide) groups is 1. The second-order valence-corrected chi connectivity index (χ2v) is 19.4. The summed E-state index contributed by atoms with van der Waals surface area (Å²) in [7, 11) is 0. The van der Waals surface area contributed by atoms with Crippen molar-refractivity contribution in [3.05, 3.63) is 0 Å². The zero-order valence-electron chi connectivity index (χ0n) is 60.8. The van der Waals surface area contributed by atoms with Crippen LogP contribution in [0.25, 0.3) is 0 Å². The summed E-state index contributed by atoms with van der Waals surface area (Å²) in [6, 6.07) is 0.248. The van der Waals surface area contributed by atoms with Gasteiger partial charge in [0.2, 0.25) is 5.91 Å². The molecule has 0 aromatic heterocycles. The largest absolute Gasteiger partial charge is 0.373 e. The molecule has 0 aliphatic rings. The average molecular weight is 1410 g/mol. The highest BCUT2D eigenvalue weighted by molar-refractivity contribution is 7.99. The fourth-order valence-corrected chi connectivity index (χ4v) is 4.99. The van der Waals surface area contributed by atoms with Crippen molar-refractivity contribution >= 4 is 23.8 Å². The summed E-state index contributed by atoms with van der Waals surface area (Å²) in [6.07, 6.45) is 5.03. The van der Waals surface area contributed by atoms with Crippen LogP contribution >= 0.6 is 11.8 Å². The molecule has 0 heterocycles. The molecule has 0 aromatic rings. The summed E-state index contributed by atoms with van der Waals surface area (Å²) in [5, 5.41) is 3.11. The Hall–Kier alpha value is -20.6. The Bertz CT molecular complexity index is 6640. The molecule has 1 atom stereocenters. The molecule has 0 fully saturated rings. The van der Waals surface area contributed by atoms with Gasteiger partial charge in [-0.25, -0.2) is 0 Å². The van der Waals surface area contributed by atoms with Crippen LogP contribution in [0.5, 0.6) is 0 Å². The van der Waals surface area contributed by atoms with Crippen LogP contribution in [0.1, 0.15) is 74.7 Å². The summed E-state index contributed by atoms with van der Waals surface area (Å²) in [4.78, 5) is 28.1. The lowest BCUT2D eigenvalue weighted by molar-refractivity contribution is -0.191. The van der Waals surface area contributed by atoms with E-state index in [0.29, 0.717) is 6.42 Å². The van der Waals surface area contributed by atoms with Crippen LogP contribution in [0.2, 0.25) is 0 Å². The SMILES string of the molecule is CC#CC#CC#CC#CC#CC#CC#CC#CC#CC#CC#CC#CC#CC#CC#CC#CC#CC#CC#CC#CC#CC#CC#CC#CC#CC#CC#CC#CC#CC#CC#CC#CC#CC#CC#CC#CC#CC#CC#CC#CC#CC#CC#CC#CC#CC.CCC(C)(C)CC(=O)NC(C)CC(C)(C)SC.O=C=O.